The first-order chi connectivity index (χ1) is 11.8. The number of sulfonamides is 1. The quantitative estimate of drug-likeness (QED) is 0.465. The zero-order valence-corrected chi connectivity index (χ0v) is 16.1. The molecule has 1 aliphatic rings. The number of benzene rings is 1. The van der Waals surface area contributed by atoms with Crippen molar-refractivity contribution in [3.8, 4) is 0 Å². The molecule has 0 unspecified atom stereocenters. The molecule has 1 fully saturated rings. The highest BCUT2D eigenvalue weighted by Crippen LogP contribution is 2.25. The van der Waals surface area contributed by atoms with Crippen LogP contribution in [-0.4, -0.2) is 31.7 Å². The zero-order chi connectivity index (χ0) is 19.8. The summed E-state index contributed by atoms with van der Waals surface area (Å²) in [5.41, 5.74) is -0.838. The second-order valence-corrected chi connectivity index (χ2v) is 8.88. The number of hydrogen-bond acceptors (Lipinski definition) is 7. The van der Waals surface area contributed by atoms with Crippen molar-refractivity contribution in [3.63, 3.8) is 0 Å². The molecule has 2 N–H and O–H groups in total. The van der Waals surface area contributed by atoms with E-state index >= 15 is 0 Å². The summed E-state index contributed by atoms with van der Waals surface area (Å²) in [5, 5.41) is 2.68. The molecule has 0 amide bonds. The highest BCUT2D eigenvalue weighted by atomic mass is 32.2. The van der Waals surface area contributed by atoms with Crippen LogP contribution in [0.3, 0.4) is 0 Å². The van der Waals surface area contributed by atoms with Gasteiger partial charge in [-0.05, 0) is 32.9 Å². The SMILES string of the molecule is CC(C)(C)NS(=O)(=O)c1ccccc1NC=C1C(=O)OC(C)(C)OC1=O. The minimum atomic E-state index is -3.82. The average Bonchev–Trinajstić information content (AvgIpc) is 2.42. The van der Waals surface area contributed by atoms with E-state index in [1.54, 1.807) is 32.9 Å². The van der Waals surface area contributed by atoms with E-state index < -0.39 is 33.3 Å². The molecule has 26 heavy (non-hydrogen) atoms. The van der Waals surface area contributed by atoms with E-state index in [1.165, 1.54) is 26.0 Å². The molecule has 0 atom stereocenters. The van der Waals surface area contributed by atoms with Gasteiger partial charge in [-0.15, -0.1) is 0 Å². The van der Waals surface area contributed by atoms with E-state index in [1.807, 2.05) is 0 Å². The van der Waals surface area contributed by atoms with E-state index in [9.17, 15) is 18.0 Å². The second-order valence-electron chi connectivity index (χ2n) is 7.23. The van der Waals surface area contributed by atoms with Crippen molar-refractivity contribution < 1.29 is 27.5 Å². The van der Waals surface area contributed by atoms with Gasteiger partial charge in [-0.1, -0.05) is 12.1 Å². The van der Waals surface area contributed by atoms with Crippen molar-refractivity contribution in [1.82, 2.24) is 4.72 Å². The van der Waals surface area contributed by atoms with Crippen molar-refractivity contribution in [2.24, 2.45) is 0 Å². The number of carbonyl (C=O) groups excluding carboxylic acids is 2. The Balaban J connectivity index is 2.32. The van der Waals surface area contributed by atoms with Gasteiger partial charge in [0.2, 0.25) is 10.0 Å². The van der Waals surface area contributed by atoms with Crippen LogP contribution in [0, 0.1) is 0 Å². The van der Waals surface area contributed by atoms with Crippen LogP contribution < -0.4 is 10.0 Å². The Morgan fingerprint density at radius 3 is 2.12 bits per heavy atom. The molecular weight excluding hydrogens is 360 g/mol. The molecular formula is C17H22N2O6S. The van der Waals surface area contributed by atoms with Gasteiger partial charge in [0.25, 0.3) is 5.79 Å². The summed E-state index contributed by atoms with van der Waals surface area (Å²) in [7, 11) is -3.82. The van der Waals surface area contributed by atoms with Gasteiger partial charge in [0.15, 0.2) is 5.57 Å². The Labute approximate surface area is 152 Å². The van der Waals surface area contributed by atoms with Crippen molar-refractivity contribution in [3.05, 3.63) is 36.0 Å². The van der Waals surface area contributed by atoms with Gasteiger partial charge in [0.1, 0.15) is 4.90 Å². The van der Waals surface area contributed by atoms with Gasteiger partial charge >= 0.3 is 11.9 Å². The molecule has 1 aromatic rings. The first-order valence-corrected chi connectivity index (χ1v) is 9.35. The first-order valence-electron chi connectivity index (χ1n) is 7.87. The number of cyclic esters (lactones) is 2. The minimum Gasteiger partial charge on any atom is -0.419 e. The van der Waals surface area contributed by atoms with E-state index in [4.69, 9.17) is 9.47 Å². The predicted molar refractivity (Wildman–Crippen MR) is 94.5 cm³/mol. The number of rotatable bonds is 4. The maximum absolute atomic E-state index is 12.6. The van der Waals surface area contributed by atoms with E-state index in [2.05, 4.69) is 10.0 Å². The summed E-state index contributed by atoms with van der Waals surface area (Å²) in [5.74, 6) is -3.05. The first kappa shape index (κ1) is 19.9. The van der Waals surface area contributed by atoms with Crippen LogP contribution >= 0.6 is 0 Å². The molecule has 0 spiro atoms. The van der Waals surface area contributed by atoms with E-state index in [0.717, 1.165) is 6.20 Å². The second kappa shape index (κ2) is 6.73. The molecule has 1 saturated heterocycles. The van der Waals surface area contributed by atoms with Crippen LogP contribution in [0.4, 0.5) is 5.69 Å². The summed E-state index contributed by atoms with van der Waals surface area (Å²) < 4.78 is 37.7. The Bertz CT molecular complexity index is 843. The highest BCUT2D eigenvalue weighted by Gasteiger charge is 2.39. The largest absolute Gasteiger partial charge is 0.419 e. The lowest BCUT2D eigenvalue weighted by molar-refractivity contribution is -0.222. The van der Waals surface area contributed by atoms with Gasteiger partial charge < -0.3 is 14.8 Å². The lowest BCUT2D eigenvalue weighted by Crippen LogP contribution is -2.42. The number of anilines is 1. The number of carbonyl (C=O) groups is 2. The highest BCUT2D eigenvalue weighted by molar-refractivity contribution is 7.89. The van der Waals surface area contributed by atoms with Crippen LogP contribution in [0.15, 0.2) is 40.9 Å². The third kappa shape index (κ3) is 4.83. The number of nitrogens with one attached hydrogen (secondary N) is 2. The molecule has 8 nitrogen and oxygen atoms in total. The van der Waals surface area contributed by atoms with Crippen molar-refractivity contribution in [2.45, 2.75) is 50.8 Å². The Kier molecular flexibility index (Phi) is 5.16. The zero-order valence-electron chi connectivity index (χ0n) is 15.2. The van der Waals surface area contributed by atoms with Gasteiger partial charge in [0.05, 0.1) is 5.69 Å². The Hall–Kier alpha value is -2.39. The van der Waals surface area contributed by atoms with Crippen molar-refractivity contribution in [2.75, 3.05) is 5.32 Å². The van der Waals surface area contributed by atoms with Crippen molar-refractivity contribution >= 4 is 27.6 Å². The summed E-state index contributed by atoms with van der Waals surface area (Å²) in [6, 6.07) is 6.12. The van der Waals surface area contributed by atoms with Crippen LogP contribution in [0.1, 0.15) is 34.6 Å². The normalized spacial score (nSPS) is 17.3. The number of para-hydroxylation sites is 1. The monoisotopic (exact) mass is 382 g/mol. The fraction of sp³-hybridized carbons (Fsp3) is 0.412. The fourth-order valence-corrected chi connectivity index (χ4v) is 3.80. The smallest absolute Gasteiger partial charge is 0.350 e. The van der Waals surface area contributed by atoms with Gasteiger partial charge in [-0.3, -0.25) is 0 Å². The molecule has 1 heterocycles. The molecule has 0 radical (unpaired) electrons. The number of esters is 2. The topological polar surface area (TPSA) is 111 Å². The van der Waals surface area contributed by atoms with Gasteiger partial charge in [-0.2, -0.15) is 0 Å². The summed E-state index contributed by atoms with van der Waals surface area (Å²) >= 11 is 0. The Morgan fingerprint density at radius 2 is 1.58 bits per heavy atom. The maximum atomic E-state index is 12.6. The van der Waals surface area contributed by atoms with Crippen LogP contribution in [0.25, 0.3) is 0 Å². The summed E-state index contributed by atoms with van der Waals surface area (Å²) in [4.78, 5) is 23.9. The molecule has 1 aliphatic heterocycles. The van der Waals surface area contributed by atoms with E-state index in [-0.39, 0.29) is 16.2 Å². The molecule has 0 saturated carbocycles. The number of ether oxygens (including phenoxy) is 2. The van der Waals surface area contributed by atoms with Crippen LogP contribution in [-0.2, 0) is 29.1 Å². The van der Waals surface area contributed by atoms with Crippen molar-refractivity contribution in [1.29, 1.82) is 0 Å². The Morgan fingerprint density at radius 1 is 1.04 bits per heavy atom. The molecule has 0 aromatic heterocycles. The molecule has 9 heteroatoms. The van der Waals surface area contributed by atoms with Crippen LogP contribution in [0.5, 0.6) is 0 Å². The lowest BCUT2D eigenvalue weighted by atomic mass is 10.1. The van der Waals surface area contributed by atoms with Crippen LogP contribution in [0.2, 0.25) is 0 Å². The third-order valence-electron chi connectivity index (χ3n) is 3.11. The summed E-state index contributed by atoms with van der Waals surface area (Å²) in [6.45, 7) is 8.04. The standard InChI is InChI=1S/C17H22N2O6S/c1-16(2,3)19-26(22,23)13-9-7-6-8-12(13)18-10-11-14(20)24-17(4,5)25-15(11)21/h6-10,18-19H,1-5H3. The third-order valence-corrected chi connectivity index (χ3v) is 4.92. The lowest BCUT2D eigenvalue weighted by Gasteiger charge is -2.29. The fourth-order valence-electron chi connectivity index (χ4n) is 2.21. The maximum Gasteiger partial charge on any atom is 0.350 e. The summed E-state index contributed by atoms with van der Waals surface area (Å²) in [6.07, 6.45) is 1.07. The predicted octanol–water partition coefficient (Wildman–Crippen LogP) is 1.90. The average molecular weight is 382 g/mol. The minimum absolute atomic E-state index is 0.0235. The molecule has 1 aromatic carbocycles. The number of hydrogen-bond donors (Lipinski definition) is 2. The van der Waals surface area contributed by atoms with Gasteiger partial charge in [0, 0.05) is 25.6 Å². The molecule has 142 valence electrons. The van der Waals surface area contributed by atoms with E-state index in [0.29, 0.717) is 0 Å². The molecule has 2 rings (SSSR count). The molecule has 0 bridgehead atoms. The molecule has 0 aliphatic carbocycles. The van der Waals surface area contributed by atoms with Gasteiger partial charge in [-0.25, -0.2) is 22.7 Å².